The summed E-state index contributed by atoms with van der Waals surface area (Å²) in [7, 11) is -4.32. The highest BCUT2D eigenvalue weighted by molar-refractivity contribution is 7.89. The highest BCUT2D eigenvalue weighted by atomic mass is 32.2. The Hall–Kier alpha value is -3.32. The van der Waals surface area contributed by atoms with E-state index in [9.17, 15) is 31.2 Å². The Labute approximate surface area is 174 Å². The molecule has 9 nitrogen and oxygen atoms in total. The van der Waals surface area contributed by atoms with Crippen molar-refractivity contribution in [2.24, 2.45) is 0 Å². The number of hydrogen-bond donors (Lipinski definition) is 3. The predicted octanol–water partition coefficient (Wildman–Crippen LogP) is 1.37. The number of hydrogen-bond acceptors (Lipinski definition) is 6. The van der Waals surface area contributed by atoms with E-state index in [0.717, 1.165) is 18.2 Å². The number of halogens is 3. The number of amides is 2. The molecule has 3 N–H and O–H groups in total. The number of benzene rings is 2. The molecule has 3 rings (SSSR count). The molecule has 31 heavy (non-hydrogen) atoms. The van der Waals surface area contributed by atoms with Gasteiger partial charge in [-0.15, -0.1) is 4.83 Å². The van der Waals surface area contributed by atoms with Crippen molar-refractivity contribution in [3.8, 4) is 11.5 Å². The lowest BCUT2D eigenvalue weighted by atomic mass is 10.2. The lowest BCUT2D eigenvalue weighted by molar-refractivity contribution is -0.123. The first-order valence-corrected chi connectivity index (χ1v) is 10.2. The van der Waals surface area contributed by atoms with E-state index in [1.54, 1.807) is 5.32 Å². The lowest BCUT2D eigenvalue weighted by Crippen LogP contribution is -2.41. The maximum Gasteiger partial charge on any atom is 0.405 e. The van der Waals surface area contributed by atoms with Crippen LogP contribution in [0.3, 0.4) is 0 Å². The molecular formula is C18H16F3N3O6S. The smallest absolute Gasteiger partial charge is 0.405 e. The summed E-state index contributed by atoms with van der Waals surface area (Å²) in [6.45, 7) is -0.893. The van der Waals surface area contributed by atoms with Gasteiger partial charge in [-0.1, -0.05) is 6.07 Å². The van der Waals surface area contributed by atoms with Crippen LogP contribution in [0.4, 0.5) is 13.2 Å². The summed E-state index contributed by atoms with van der Waals surface area (Å²) < 4.78 is 72.2. The maximum atomic E-state index is 12.4. The van der Waals surface area contributed by atoms with Crippen molar-refractivity contribution in [2.75, 3.05) is 19.8 Å². The minimum absolute atomic E-state index is 0.0900. The van der Waals surface area contributed by atoms with Crippen LogP contribution in [-0.4, -0.2) is 46.2 Å². The molecule has 0 bridgehead atoms. The van der Waals surface area contributed by atoms with E-state index >= 15 is 0 Å². The van der Waals surface area contributed by atoms with E-state index in [-0.39, 0.29) is 11.1 Å². The molecule has 2 amide bonds. The van der Waals surface area contributed by atoms with Crippen molar-refractivity contribution in [3.63, 3.8) is 0 Å². The van der Waals surface area contributed by atoms with Crippen LogP contribution in [0.25, 0.3) is 0 Å². The molecule has 0 saturated carbocycles. The van der Waals surface area contributed by atoms with Gasteiger partial charge in [0.1, 0.15) is 19.8 Å². The van der Waals surface area contributed by atoms with Gasteiger partial charge in [0.2, 0.25) is 0 Å². The number of carbonyl (C=O) groups excluding carboxylic acids is 2. The summed E-state index contributed by atoms with van der Waals surface area (Å²) in [5.74, 6) is -1.11. The fourth-order valence-electron chi connectivity index (χ4n) is 2.52. The van der Waals surface area contributed by atoms with Gasteiger partial charge in [0, 0.05) is 11.1 Å². The largest absolute Gasteiger partial charge is 0.486 e. The van der Waals surface area contributed by atoms with Crippen molar-refractivity contribution < 1.29 is 40.7 Å². The van der Waals surface area contributed by atoms with Gasteiger partial charge in [0.25, 0.3) is 21.8 Å². The average Bonchev–Trinajstić information content (AvgIpc) is 2.75. The number of hydrazine groups is 1. The molecule has 13 heteroatoms. The third kappa shape index (κ3) is 5.86. The van der Waals surface area contributed by atoms with Crippen molar-refractivity contribution in [1.82, 2.24) is 15.6 Å². The van der Waals surface area contributed by atoms with Crippen LogP contribution in [0.1, 0.15) is 20.7 Å². The Morgan fingerprint density at radius 3 is 2.32 bits per heavy atom. The average molecular weight is 459 g/mol. The molecule has 0 unspecified atom stereocenters. The zero-order valence-corrected chi connectivity index (χ0v) is 16.5. The lowest BCUT2D eigenvalue weighted by Gasteiger charge is -2.18. The number of alkyl halides is 3. The third-order valence-corrected chi connectivity index (χ3v) is 5.20. The molecule has 0 fully saturated rings. The van der Waals surface area contributed by atoms with Crippen LogP contribution < -0.4 is 25.0 Å². The van der Waals surface area contributed by atoms with Crippen LogP contribution >= 0.6 is 0 Å². The first-order chi connectivity index (χ1) is 14.5. The van der Waals surface area contributed by atoms with Gasteiger partial charge in [0.05, 0.1) is 4.90 Å². The number of fused-ring (bicyclic) bond motifs is 1. The van der Waals surface area contributed by atoms with E-state index in [1.165, 1.54) is 24.3 Å². The van der Waals surface area contributed by atoms with Crippen LogP contribution in [0.15, 0.2) is 47.4 Å². The molecule has 0 spiro atoms. The summed E-state index contributed by atoms with van der Waals surface area (Å²) in [5, 5.41) is 1.64. The summed E-state index contributed by atoms with van der Waals surface area (Å²) in [4.78, 5) is 25.5. The predicted molar refractivity (Wildman–Crippen MR) is 100 cm³/mol. The maximum absolute atomic E-state index is 12.4. The molecule has 1 aliphatic rings. The molecule has 0 saturated heterocycles. The van der Waals surface area contributed by atoms with Gasteiger partial charge in [-0.25, -0.2) is 8.42 Å². The first-order valence-electron chi connectivity index (χ1n) is 8.72. The number of sulfonamides is 1. The Morgan fingerprint density at radius 1 is 0.935 bits per heavy atom. The molecule has 0 atom stereocenters. The summed E-state index contributed by atoms with van der Waals surface area (Å²) in [5.41, 5.74) is 1.81. The molecule has 2 aromatic carbocycles. The highest BCUT2D eigenvalue weighted by Crippen LogP contribution is 2.30. The first kappa shape index (κ1) is 22.4. The van der Waals surface area contributed by atoms with Gasteiger partial charge in [-0.2, -0.15) is 13.2 Å². The van der Waals surface area contributed by atoms with Crippen molar-refractivity contribution in [3.05, 3.63) is 53.6 Å². The third-order valence-electron chi connectivity index (χ3n) is 3.96. The van der Waals surface area contributed by atoms with Gasteiger partial charge in [-0.3, -0.25) is 15.0 Å². The molecule has 1 aliphatic heterocycles. The van der Waals surface area contributed by atoms with Crippen LogP contribution in [-0.2, 0) is 10.0 Å². The van der Waals surface area contributed by atoms with Crippen LogP contribution in [0, 0.1) is 0 Å². The topological polar surface area (TPSA) is 123 Å². The SMILES string of the molecule is O=C(NCC(F)(F)F)c1cccc(S(=O)(=O)NNC(=O)c2ccc3c(c2)OCCO3)c1. The fourth-order valence-corrected chi connectivity index (χ4v) is 3.40. The number of rotatable bonds is 6. The quantitative estimate of drug-likeness (QED) is 0.561. The molecule has 1 heterocycles. The second-order valence-corrected chi connectivity index (χ2v) is 7.93. The fraction of sp³-hybridized carbons (Fsp3) is 0.222. The minimum atomic E-state index is -4.61. The van der Waals surface area contributed by atoms with Crippen LogP contribution in [0.5, 0.6) is 11.5 Å². The molecular weight excluding hydrogens is 443 g/mol. The van der Waals surface area contributed by atoms with Gasteiger partial charge >= 0.3 is 6.18 Å². The summed E-state index contributed by atoms with van der Waals surface area (Å²) >= 11 is 0. The van der Waals surface area contributed by atoms with Crippen molar-refractivity contribution in [1.29, 1.82) is 0 Å². The Morgan fingerprint density at radius 2 is 1.61 bits per heavy atom. The second-order valence-electron chi connectivity index (χ2n) is 6.24. The number of nitrogens with one attached hydrogen (secondary N) is 3. The Kier molecular flexibility index (Phi) is 6.36. The van der Waals surface area contributed by atoms with Gasteiger partial charge in [-0.05, 0) is 36.4 Å². The zero-order valence-electron chi connectivity index (χ0n) is 15.7. The molecule has 166 valence electrons. The van der Waals surface area contributed by atoms with Crippen molar-refractivity contribution in [2.45, 2.75) is 11.1 Å². The molecule has 0 aromatic heterocycles. The Balaban J connectivity index is 1.67. The van der Waals surface area contributed by atoms with E-state index in [4.69, 9.17) is 9.47 Å². The van der Waals surface area contributed by atoms with Crippen LogP contribution in [0.2, 0.25) is 0 Å². The second kappa shape index (κ2) is 8.81. The molecule has 2 aromatic rings. The highest BCUT2D eigenvalue weighted by Gasteiger charge is 2.28. The summed E-state index contributed by atoms with van der Waals surface area (Å²) in [6.07, 6.45) is -4.61. The van der Waals surface area contributed by atoms with Gasteiger partial charge < -0.3 is 14.8 Å². The molecule has 0 aliphatic carbocycles. The van der Waals surface area contributed by atoms with E-state index in [2.05, 4.69) is 0 Å². The minimum Gasteiger partial charge on any atom is -0.486 e. The molecule has 0 radical (unpaired) electrons. The van der Waals surface area contributed by atoms with E-state index < -0.39 is 39.5 Å². The monoisotopic (exact) mass is 459 g/mol. The Bertz CT molecular complexity index is 1100. The van der Waals surface area contributed by atoms with Crippen molar-refractivity contribution >= 4 is 21.8 Å². The standard InChI is InChI=1S/C18H16F3N3O6S/c19-18(20,21)10-22-16(25)11-2-1-3-13(8-11)31(27,28)24-23-17(26)12-4-5-14-15(9-12)30-7-6-29-14/h1-5,8-9,24H,6-7,10H2,(H,22,25)(H,23,26). The normalized spacial score (nSPS) is 13.4. The van der Waals surface area contributed by atoms with Gasteiger partial charge in [0.15, 0.2) is 11.5 Å². The van der Waals surface area contributed by atoms with E-state index in [0.29, 0.717) is 24.7 Å². The van der Waals surface area contributed by atoms with E-state index in [1.807, 2.05) is 10.3 Å². The summed E-state index contributed by atoms with van der Waals surface area (Å²) in [6, 6.07) is 8.61. The number of carbonyl (C=O) groups is 2. The number of ether oxygens (including phenoxy) is 2. The zero-order chi connectivity index (χ0) is 22.6.